The number of benzene rings is 1. The molecule has 0 radical (unpaired) electrons. The van der Waals surface area contributed by atoms with Crippen LogP contribution in [0.5, 0.6) is 0 Å². The fraction of sp³-hybridized carbons (Fsp3) is 0.533. The lowest BCUT2D eigenvalue weighted by atomic mass is 9.73. The smallest absolute Gasteiger partial charge is 0.304 e. The van der Waals surface area contributed by atoms with Gasteiger partial charge in [0.25, 0.3) is 0 Å². The first-order valence-electron chi connectivity index (χ1n) is 6.52. The molecule has 1 aliphatic rings. The average molecular weight is 247 g/mol. The fourth-order valence-corrected chi connectivity index (χ4v) is 2.70. The summed E-state index contributed by atoms with van der Waals surface area (Å²) in [4.78, 5) is 11.0. The molecular formula is C15H21NO2. The third-order valence-corrected chi connectivity index (χ3v) is 4.00. The number of aliphatic carboxylic acids is 1. The van der Waals surface area contributed by atoms with Crippen LogP contribution in [0.3, 0.4) is 0 Å². The first kappa shape index (κ1) is 13.1. The van der Waals surface area contributed by atoms with Crippen LogP contribution >= 0.6 is 0 Å². The Labute approximate surface area is 108 Å². The SMILES string of the molecule is CC1(C)CC[C@H](c2ccccc2)N[C@H]1CC(=O)O. The van der Waals surface area contributed by atoms with Gasteiger partial charge in [0.15, 0.2) is 0 Å². The monoisotopic (exact) mass is 247 g/mol. The topological polar surface area (TPSA) is 49.3 Å². The minimum atomic E-state index is -0.728. The van der Waals surface area contributed by atoms with Crippen molar-refractivity contribution in [3.63, 3.8) is 0 Å². The van der Waals surface area contributed by atoms with Crippen molar-refractivity contribution in [2.24, 2.45) is 5.41 Å². The molecule has 1 aliphatic heterocycles. The van der Waals surface area contributed by atoms with Gasteiger partial charge in [-0.3, -0.25) is 4.79 Å². The van der Waals surface area contributed by atoms with Crippen LogP contribution in [0, 0.1) is 5.41 Å². The van der Waals surface area contributed by atoms with Gasteiger partial charge in [0.1, 0.15) is 0 Å². The van der Waals surface area contributed by atoms with Crippen LogP contribution < -0.4 is 5.32 Å². The summed E-state index contributed by atoms with van der Waals surface area (Å²) >= 11 is 0. The van der Waals surface area contributed by atoms with Crippen LogP contribution in [-0.2, 0) is 4.79 Å². The minimum absolute atomic E-state index is 0.0361. The maximum atomic E-state index is 11.0. The van der Waals surface area contributed by atoms with Gasteiger partial charge in [-0.1, -0.05) is 44.2 Å². The number of piperidine rings is 1. The van der Waals surface area contributed by atoms with E-state index in [-0.39, 0.29) is 23.9 Å². The second-order valence-corrected chi connectivity index (χ2v) is 5.81. The van der Waals surface area contributed by atoms with Crippen molar-refractivity contribution in [2.75, 3.05) is 0 Å². The number of carbonyl (C=O) groups is 1. The Bertz CT molecular complexity index is 414. The molecule has 0 aliphatic carbocycles. The van der Waals surface area contributed by atoms with Gasteiger partial charge in [-0.15, -0.1) is 0 Å². The molecule has 0 amide bonds. The van der Waals surface area contributed by atoms with E-state index < -0.39 is 5.97 Å². The lowest BCUT2D eigenvalue weighted by Crippen LogP contribution is -2.49. The van der Waals surface area contributed by atoms with Gasteiger partial charge in [-0.25, -0.2) is 0 Å². The highest BCUT2D eigenvalue weighted by Crippen LogP contribution is 2.38. The molecule has 18 heavy (non-hydrogen) atoms. The molecule has 0 aromatic heterocycles. The van der Waals surface area contributed by atoms with Crippen LogP contribution in [0.2, 0.25) is 0 Å². The lowest BCUT2D eigenvalue weighted by molar-refractivity contribution is -0.138. The van der Waals surface area contributed by atoms with Crippen LogP contribution in [0.25, 0.3) is 0 Å². The van der Waals surface area contributed by atoms with E-state index in [1.54, 1.807) is 0 Å². The summed E-state index contributed by atoms with van der Waals surface area (Å²) in [5.41, 5.74) is 1.30. The zero-order valence-corrected chi connectivity index (χ0v) is 11.0. The van der Waals surface area contributed by atoms with Crippen molar-refractivity contribution in [3.05, 3.63) is 35.9 Å². The van der Waals surface area contributed by atoms with E-state index in [2.05, 4.69) is 31.3 Å². The molecule has 2 atom stereocenters. The molecule has 2 N–H and O–H groups in total. The molecule has 0 saturated carbocycles. The number of carboxylic acids is 1. The zero-order chi connectivity index (χ0) is 13.2. The quantitative estimate of drug-likeness (QED) is 0.863. The van der Waals surface area contributed by atoms with Crippen LogP contribution in [0.15, 0.2) is 30.3 Å². The van der Waals surface area contributed by atoms with Crippen LogP contribution in [-0.4, -0.2) is 17.1 Å². The molecule has 3 nitrogen and oxygen atoms in total. The van der Waals surface area contributed by atoms with Crippen molar-refractivity contribution >= 4 is 5.97 Å². The van der Waals surface area contributed by atoms with Crippen molar-refractivity contribution in [1.82, 2.24) is 5.32 Å². The second kappa shape index (κ2) is 5.11. The Balaban J connectivity index is 2.12. The Morgan fingerprint density at radius 2 is 2.06 bits per heavy atom. The van der Waals surface area contributed by atoms with E-state index in [4.69, 9.17) is 5.11 Å². The highest BCUT2D eigenvalue weighted by molar-refractivity contribution is 5.67. The maximum absolute atomic E-state index is 11.0. The van der Waals surface area contributed by atoms with E-state index in [1.165, 1.54) is 5.56 Å². The molecule has 1 aromatic rings. The first-order valence-corrected chi connectivity index (χ1v) is 6.52. The van der Waals surface area contributed by atoms with Gasteiger partial charge >= 0.3 is 5.97 Å². The van der Waals surface area contributed by atoms with Crippen molar-refractivity contribution in [3.8, 4) is 0 Å². The molecule has 0 bridgehead atoms. The fourth-order valence-electron chi connectivity index (χ4n) is 2.70. The third kappa shape index (κ3) is 2.91. The largest absolute Gasteiger partial charge is 0.481 e. The Hall–Kier alpha value is -1.35. The number of nitrogens with one attached hydrogen (secondary N) is 1. The summed E-state index contributed by atoms with van der Waals surface area (Å²) in [5.74, 6) is -0.728. The molecule has 0 spiro atoms. The van der Waals surface area contributed by atoms with Gasteiger partial charge in [0, 0.05) is 12.1 Å². The molecule has 98 valence electrons. The molecule has 0 unspecified atom stereocenters. The molecular weight excluding hydrogens is 226 g/mol. The van der Waals surface area contributed by atoms with E-state index in [0.29, 0.717) is 0 Å². The van der Waals surface area contributed by atoms with Gasteiger partial charge in [0.2, 0.25) is 0 Å². The molecule has 1 aromatic carbocycles. The highest BCUT2D eigenvalue weighted by atomic mass is 16.4. The molecule has 1 fully saturated rings. The predicted molar refractivity (Wildman–Crippen MR) is 71.4 cm³/mol. The summed E-state index contributed by atoms with van der Waals surface area (Å²) in [5, 5.41) is 12.5. The van der Waals surface area contributed by atoms with Crippen molar-refractivity contribution in [1.29, 1.82) is 0 Å². The summed E-state index contributed by atoms with van der Waals surface area (Å²) in [6.07, 6.45) is 2.31. The Morgan fingerprint density at radius 1 is 1.39 bits per heavy atom. The number of rotatable bonds is 3. The summed E-state index contributed by atoms with van der Waals surface area (Å²) in [6.45, 7) is 4.30. The van der Waals surface area contributed by atoms with Gasteiger partial charge in [0.05, 0.1) is 6.42 Å². The summed E-state index contributed by atoms with van der Waals surface area (Å²) < 4.78 is 0. The average Bonchev–Trinajstić information content (AvgIpc) is 2.32. The number of hydrogen-bond donors (Lipinski definition) is 2. The summed E-state index contributed by atoms with van der Waals surface area (Å²) in [6, 6.07) is 10.6. The van der Waals surface area contributed by atoms with E-state index in [0.717, 1.165) is 12.8 Å². The second-order valence-electron chi connectivity index (χ2n) is 5.81. The molecule has 3 heteroatoms. The first-order chi connectivity index (χ1) is 8.49. The third-order valence-electron chi connectivity index (χ3n) is 4.00. The molecule has 2 rings (SSSR count). The normalized spacial score (nSPS) is 26.8. The predicted octanol–water partition coefficient (Wildman–Crippen LogP) is 2.98. The van der Waals surface area contributed by atoms with E-state index in [9.17, 15) is 4.79 Å². The number of carboxylic acid groups (broad SMARTS) is 1. The van der Waals surface area contributed by atoms with Gasteiger partial charge < -0.3 is 10.4 Å². The highest BCUT2D eigenvalue weighted by Gasteiger charge is 2.37. The van der Waals surface area contributed by atoms with Gasteiger partial charge in [-0.05, 0) is 23.8 Å². The van der Waals surface area contributed by atoms with E-state index >= 15 is 0 Å². The van der Waals surface area contributed by atoms with Crippen molar-refractivity contribution < 1.29 is 9.90 Å². The zero-order valence-electron chi connectivity index (χ0n) is 11.0. The number of hydrogen-bond acceptors (Lipinski definition) is 2. The maximum Gasteiger partial charge on any atom is 0.304 e. The van der Waals surface area contributed by atoms with Gasteiger partial charge in [-0.2, -0.15) is 0 Å². The Morgan fingerprint density at radius 3 is 2.67 bits per heavy atom. The van der Waals surface area contributed by atoms with Crippen LogP contribution in [0.1, 0.15) is 44.7 Å². The lowest BCUT2D eigenvalue weighted by Gasteiger charge is -2.43. The minimum Gasteiger partial charge on any atom is -0.481 e. The molecule has 1 saturated heterocycles. The summed E-state index contributed by atoms with van der Waals surface area (Å²) in [7, 11) is 0. The van der Waals surface area contributed by atoms with E-state index in [1.807, 2.05) is 18.2 Å². The standard InChI is InChI=1S/C15H21NO2/c1-15(2)9-8-12(11-6-4-3-5-7-11)16-13(15)10-14(17)18/h3-7,12-13,16H,8-10H2,1-2H3,(H,17,18)/t12-,13+/m1/s1. The van der Waals surface area contributed by atoms with Crippen molar-refractivity contribution in [2.45, 2.75) is 45.2 Å². The van der Waals surface area contributed by atoms with Crippen LogP contribution in [0.4, 0.5) is 0 Å². The molecule has 1 heterocycles. The Kier molecular flexibility index (Phi) is 3.71.